The van der Waals surface area contributed by atoms with Crippen LogP contribution in [-0.4, -0.2) is 53.6 Å². The van der Waals surface area contributed by atoms with E-state index in [1.165, 1.54) is 17.0 Å². The largest absolute Gasteiger partial charge is 0.473 e. The molecule has 1 unspecified atom stereocenters. The van der Waals surface area contributed by atoms with Gasteiger partial charge in [0.05, 0.1) is 11.4 Å². The Balaban J connectivity index is 1.36. The third-order valence-electron chi connectivity index (χ3n) is 7.07. The number of aromatic nitrogens is 2. The van der Waals surface area contributed by atoms with Gasteiger partial charge in [0.1, 0.15) is 6.61 Å². The Kier molecular flexibility index (Phi) is 6.97. The van der Waals surface area contributed by atoms with E-state index in [0.29, 0.717) is 18.5 Å². The van der Waals surface area contributed by atoms with Gasteiger partial charge in [-0.05, 0) is 62.0 Å². The highest BCUT2D eigenvalue weighted by atomic mass is 16.5. The van der Waals surface area contributed by atoms with E-state index in [4.69, 9.17) is 4.74 Å². The van der Waals surface area contributed by atoms with Crippen molar-refractivity contribution in [3.05, 3.63) is 85.2 Å². The van der Waals surface area contributed by atoms with Gasteiger partial charge in [0, 0.05) is 61.1 Å². The summed E-state index contributed by atoms with van der Waals surface area (Å²) in [5, 5.41) is 4.18. The molecule has 1 N–H and O–H groups in total. The Morgan fingerprint density at radius 2 is 2.05 bits per heavy atom. The molecule has 1 amide bonds. The van der Waals surface area contributed by atoms with Gasteiger partial charge in [0.15, 0.2) is 0 Å². The molecule has 1 aliphatic heterocycles. The fraction of sp³-hybridized carbons (Fsp3) is 0.267. The molecular weight excluding hydrogens is 462 g/mol. The van der Waals surface area contributed by atoms with Crippen molar-refractivity contribution in [1.82, 2.24) is 14.5 Å². The van der Waals surface area contributed by atoms with Crippen molar-refractivity contribution in [3.8, 4) is 17.0 Å². The molecule has 7 nitrogen and oxygen atoms in total. The van der Waals surface area contributed by atoms with Crippen LogP contribution in [0.5, 0.6) is 5.88 Å². The Bertz CT molecular complexity index is 1440. The summed E-state index contributed by atoms with van der Waals surface area (Å²) >= 11 is 0. The highest BCUT2D eigenvalue weighted by Gasteiger charge is 2.26. The summed E-state index contributed by atoms with van der Waals surface area (Å²) in [5.41, 5.74) is 6.11. The first-order chi connectivity index (χ1) is 17.9. The van der Waals surface area contributed by atoms with Crippen molar-refractivity contribution in [2.24, 2.45) is 7.05 Å². The smallest absolute Gasteiger partial charge is 0.247 e. The van der Waals surface area contributed by atoms with Gasteiger partial charge in [-0.1, -0.05) is 30.8 Å². The first-order valence-corrected chi connectivity index (χ1v) is 12.5. The number of nitrogens with zero attached hydrogens (tertiary/aromatic N) is 4. The lowest BCUT2D eigenvalue weighted by Gasteiger charge is -2.24. The van der Waals surface area contributed by atoms with Gasteiger partial charge in [-0.25, -0.2) is 4.98 Å². The zero-order valence-corrected chi connectivity index (χ0v) is 21.6. The van der Waals surface area contributed by atoms with E-state index in [0.717, 1.165) is 47.6 Å². The van der Waals surface area contributed by atoms with Crippen LogP contribution in [0.15, 0.2) is 79.6 Å². The number of anilines is 2. The van der Waals surface area contributed by atoms with Crippen molar-refractivity contribution in [2.45, 2.75) is 19.1 Å². The number of nitrogens with one attached hydrogen (secondary N) is 1. The first kappa shape index (κ1) is 24.6. The van der Waals surface area contributed by atoms with E-state index in [1.54, 1.807) is 6.20 Å². The number of carbonyl (C=O) groups excluding carboxylic acids is 1. The Labute approximate surface area is 218 Å². The molecule has 1 saturated heterocycles. The second-order valence-corrected chi connectivity index (χ2v) is 9.74. The number of pyridine rings is 1. The normalized spacial score (nSPS) is 15.4. The molecule has 190 valence electrons. The van der Waals surface area contributed by atoms with Crippen molar-refractivity contribution >= 4 is 28.2 Å². The maximum atomic E-state index is 12.2. The van der Waals surface area contributed by atoms with Crippen molar-refractivity contribution in [3.63, 3.8) is 0 Å². The number of hydrogen-bond donors (Lipinski definition) is 1. The van der Waals surface area contributed by atoms with Gasteiger partial charge in [0.25, 0.3) is 0 Å². The van der Waals surface area contributed by atoms with Crippen LogP contribution in [0.3, 0.4) is 0 Å². The van der Waals surface area contributed by atoms with E-state index in [9.17, 15) is 4.79 Å². The van der Waals surface area contributed by atoms with E-state index >= 15 is 0 Å². The maximum absolute atomic E-state index is 12.2. The maximum Gasteiger partial charge on any atom is 0.247 e. The average molecular weight is 496 g/mol. The molecule has 4 aromatic rings. The molecule has 1 fully saturated rings. The molecule has 5 rings (SSSR count). The summed E-state index contributed by atoms with van der Waals surface area (Å²) in [5.74, 6) is 0.326. The summed E-state index contributed by atoms with van der Waals surface area (Å²) in [4.78, 5) is 21.2. The monoisotopic (exact) mass is 495 g/mol. The van der Waals surface area contributed by atoms with E-state index in [2.05, 4.69) is 95.0 Å². The molecule has 2 aromatic carbocycles. The Hall–Kier alpha value is -4.10. The SMILES string of the molecule is C=CC(=O)Nc1cc(COc2cc(-c3cn(C)c4ccccc34)ccn2)ccc1N1CCC(N(C)C)C1. The number of para-hydroxylation sites is 1. The van der Waals surface area contributed by atoms with Gasteiger partial charge in [0.2, 0.25) is 11.8 Å². The topological polar surface area (TPSA) is 62.6 Å². The van der Waals surface area contributed by atoms with Crippen LogP contribution in [0.25, 0.3) is 22.0 Å². The summed E-state index contributed by atoms with van der Waals surface area (Å²) in [6.07, 6.45) is 6.30. The second kappa shape index (κ2) is 10.5. The van der Waals surface area contributed by atoms with Crippen molar-refractivity contribution < 1.29 is 9.53 Å². The number of aryl methyl sites for hydroxylation is 1. The number of amides is 1. The fourth-order valence-corrected chi connectivity index (χ4v) is 5.00. The zero-order chi connectivity index (χ0) is 25.9. The van der Waals surface area contributed by atoms with E-state index in [1.807, 2.05) is 18.2 Å². The molecule has 37 heavy (non-hydrogen) atoms. The predicted molar refractivity (Wildman–Crippen MR) is 150 cm³/mol. The molecule has 0 radical (unpaired) electrons. The van der Waals surface area contributed by atoms with Crippen LogP contribution in [0.1, 0.15) is 12.0 Å². The Morgan fingerprint density at radius 1 is 1.22 bits per heavy atom. The van der Waals surface area contributed by atoms with E-state index < -0.39 is 0 Å². The minimum Gasteiger partial charge on any atom is -0.473 e. The van der Waals surface area contributed by atoms with Gasteiger partial charge in [-0.3, -0.25) is 4.79 Å². The summed E-state index contributed by atoms with van der Waals surface area (Å²) in [6.45, 7) is 5.81. The molecule has 3 heterocycles. The highest BCUT2D eigenvalue weighted by Crippen LogP contribution is 2.33. The third-order valence-corrected chi connectivity index (χ3v) is 7.07. The fourth-order valence-electron chi connectivity index (χ4n) is 5.00. The number of fused-ring (bicyclic) bond motifs is 1. The summed E-state index contributed by atoms with van der Waals surface area (Å²) in [7, 11) is 6.27. The first-order valence-electron chi connectivity index (χ1n) is 12.5. The van der Waals surface area contributed by atoms with Crippen molar-refractivity contribution in [1.29, 1.82) is 0 Å². The molecule has 0 bridgehead atoms. The number of rotatable bonds is 8. The minimum atomic E-state index is -0.230. The van der Waals surface area contributed by atoms with Gasteiger partial charge < -0.3 is 24.4 Å². The van der Waals surface area contributed by atoms with Crippen LogP contribution < -0.4 is 15.0 Å². The number of carbonyl (C=O) groups is 1. The number of benzene rings is 2. The van der Waals surface area contributed by atoms with Crippen LogP contribution in [0.4, 0.5) is 11.4 Å². The van der Waals surface area contributed by atoms with Crippen LogP contribution in [0, 0.1) is 0 Å². The lowest BCUT2D eigenvalue weighted by atomic mass is 10.1. The van der Waals surface area contributed by atoms with E-state index in [-0.39, 0.29) is 5.91 Å². The predicted octanol–water partition coefficient (Wildman–Crippen LogP) is 5.08. The van der Waals surface area contributed by atoms with Crippen molar-refractivity contribution in [2.75, 3.05) is 37.4 Å². The standard InChI is InChI=1S/C30H33N5O2/c1-5-29(36)32-26-16-21(10-11-28(26)35-15-13-23(18-35)33(2)3)20-37-30-17-22(12-14-31-30)25-19-34(4)27-9-7-6-8-24(25)27/h5-12,14,16-17,19,23H,1,13,15,18,20H2,2-4H3,(H,32,36). The molecule has 2 aromatic heterocycles. The Morgan fingerprint density at radius 3 is 2.84 bits per heavy atom. The molecule has 1 aliphatic rings. The molecule has 0 aliphatic carbocycles. The molecular formula is C30H33N5O2. The number of ether oxygens (including phenoxy) is 1. The summed E-state index contributed by atoms with van der Waals surface area (Å²) in [6, 6.07) is 18.9. The lowest BCUT2D eigenvalue weighted by Crippen LogP contribution is -2.31. The highest BCUT2D eigenvalue weighted by molar-refractivity contribution is 6.01. The zero-order valence-electron chi connectivity index (χ0n) is 21.6. The quantitative estimate of drug-likeness (QED) is 0.345. The van der Waals surface area contributed by atoms with Gasteiger partial charge in [-0.15, -0.1) is 0 Å². The molecule has 0 spiro atoms. The van der Waals surface area contributed by atoms with Crippen LogP contribution in [-0.2, 0) is 18.4 Å². The molecule has 1 atom stereocenters. The van der Waals surface area contributed by atoms with Crippen LogP contribution in [0.2, 0.25) is 0 Å². The van der Waals surface area contributed by atoms with Crippen LogP contribution >= 0.6 is 0 Å². The third kappa shape index (κ3) is 5.22. The summed E-state index contributed by atoms with van der Waals surface area (Å²) < 4.78 is 8.23. The van der Waals surface area contributed by atoms with Gasteiger partial charge in [-0.2, -0.15) is 0 Å². The van der Waals surface area contributed by atoms with Gasteiger partial charge >= 0.3 is 0 Å². The molecule has 7 heteroatoms. The molecule has 0 saturated carbocycles. The lowest BCUT2D eigenvalue weighted by molar-refractivity contribution is -0.111. The average Bonchev–Trinajstić information content (AvgIpc) is 3.53. The number of likely N-dealkylation sites (N-methyl/N-ethyl adjacent to an activating group) is 1. The minimum absolute atomic E-state index is 0.230. The second-order valence-electron chi connectivity index (χ2n) is 9.74. The number of hydrogen-bond acceptors (Lipinski definition) is 5.